The molecule has 1 atom stereocenters. The molecule has 2 N–H and O–H groups in total. The van der Waals surface area contributed by atoms with E-state index < -0.39 is 0 Å². The molecule has 4 rings (SSSR count). The monoisotopic (exact) mass is 348 g/mol. The molecule has 0 aromatic rings. The number of urea groups is 1. The molecule has 0 unspecified atom stereocenters. The minimum absolute atomic E-state index is 0.0320. The fraction of sp³-hybridized carbons (Fsp3) is 0.895. The third-order valence-corrected chi connectivity index (χ3v) is 6.26. The van der Waals surface area contributed by atoms with Gasteiger partial charge >= 0.3 is 6.03 Å². The van der Waals surface area contributed by atoms with E-state index in [0.717, 1.165) is 57.9 Å². The number of hydrogen-bond acceptors (Lipinski definition) is 3. The van der Waals surface area contributed by atoms with Crippen molar-refractivity contribution in [1.82, 2.24) is 20.4 Å². The highest BCUT2D eigenvalue weighted by Crippen LogP contribution is 2.29. The molecule has 0 bridgehead atoms. The highest BCUT2D eigenvalue weighted by molar-refractivity contribution is 5.81. The smallest absolute Gasteiger partial charge is 0.317 e. The Morgan fingerprint density at radius 3 is 2.36 bits per heavy atom. The van der Waals surface area contributed by atoms with Crippen molar-refractivity contribution >= 4 is 11.9 Å². The van der Waals surface area contributed by atoms with Gasteiger partial charge in [0, 0.05) is 44.8 Å². The molecular formula is C19H32N4O2. The number of carbonyl (C=O) groups excluding carboxylic acids is 2. The quantitative estimate of drug-likeness (QED) is 0.792. The van der Waals surface area contributed by atoms with E-state index in [1.54, 1.807) is 0 Å². The maximum absolute atomic E-state index is 12.6. The molecule has 0 aromatic heterocycles. The average Bonchev–Trinajstić information content (AvgIpc) is 3.54. The first-order chi connectivity index (χ1) is 12.2. The van der Waals surface area contributed by atoms with E-state index in [2.05, 4.69) is 15.5 Å². The van der Waals surface area contributed by atoms with Gasteiger partial charge < -0.3 is 20.4 Å². The van der Waals surface area contributed by atoms with E-state index in [4.69, 9.17) is 0 Å². The van der Waals surface area contributed by atoms with Crippen molar-refractivity contribution in [1.29, 1.82) is 0 Å². The highest BCUT2D eigenvalue weighted by Gasteiger charge is 2.34. The zero-order valence-electron chi connectivity index (χ0n) is 15.2. The van der Waals surface area contributed by atoms with Crippen LogP contribution in [0.3, 0.4) is 0 Å². The van der Waals surface area contributed by atoms with E-state index in [1.807, 2.05) is 4.90 Å². The summed E-state index contributed by atoms with van der Waals surface area (Å²) < 4.78 is 0. The lowest BCUT2D eigenvalue weighted by Crippen LogP contribution is -2.53. The fourth-order valence-corrected chi connectivity index (χ4v) is 4.20. The van der Waals surface area contributed by atoms with Gasteiger partial charge in [-0.2, -0.15) is 0 Å². The van der Waals surface area contributed by atoms with Crippen molar-refractivity contribution in [2.75, 3.05) is 32.7 Å². The third kappa shape index (κ3) is 4.66. The second kappa shape index (κ2) is 7.52. The van der Waals surface area contributed by atoms with E-state index >= 15 is 0 Å². The van der Waals surface area contributed by atoms with Gasteiger partial charge in [0.05, 0.1) is 5.92 Å². The van der Waals surface area contributed by atoms with Crippen LogP contribution in [-0.2, 0) is 4.79 Å². The Morgan fingerprint density at radius 2 is 1.68 bits per heavy atom. The normalized spacial score (nSPS) is 28.6. The molecule has 2 saturated heterocycles. The van der Waals surface area contributed by atoms with Crippen molar-refractivity contribution in [3.8, 4) is 0 Å². The van der Waals surface area contributed by atoms with E-state index in [-0.39, 0.29) is 17.9 Å². The Balaban J connectivity index is 1.20. The summed E-state index contributed by atoms with van der Waals surface area (Å²) in [5.74, 6) is 0.811. The fourth-order valence-electron chi connectivity index (χ4n) is 4.20. The summed E-state index contributed by atoms with van der Waals surface area (Å²) >= 11 is 0. The first kappa shape index (κ1) is 17.1. The van der Waals surface area contributed by atoms with Crippen LogP contribution in [0, 0.1) is 11.8 Å². The Hall–Kier alpha value is -1.30. The first-order valence-corrected chi connectivity index (χ1v) is 10.3. The van der Waals surface area contributed by atoms with Gasteiger partial charge in [0.1, 0.15) is 0 Å². The largest absolute Gasteiger partial charge is 0.356 e. The van der Waals surface area contributed by atoms with Crippen LogP contribution in [-0.4, -0.2) is 66.5 Å². The molecule has 6 nitrogen and oxygen atoms in total. The van der Waals surface area contributed by atoms with Crippen LogP contribution < -0.4 is 10.6 Å². The number of nitrogens with zero attached hydrogens (tertiary/aromatic N) is 2. The summed E-state index contributed by atoms with van der Waals surface area (Å²) in [6, 6.07) is 1.16. The molecule has 140 valence electrons. The van der Waals surface area contributed by atoms with Crippen molar-refractivity contribution in [3.05, 3.63) is 0 Å². The molecule has 2 saturated carbocycles. The van der Waals surface area contributed by atoms with Gasteiger partial charge in [0.15, 0.2) is 0 Å². The van der Waals surface area contributed by atoms with Crippen molar-refractivity contribution in [2.24, 2.45) is 11.8 Å². The summed E-state index contributed by atoms with van der Waals surface area (Å²) in [6.07, 6.45) is 9.15. The van der Waals surface area contributed by atoms with E-state index in [0.29, 0.717) is 18.5 Å². The van der Waals surface area contributed by atoms with Crippen LogP contribution in [0.5, 0.6) is 0 Å². The lowest BCUT2D eigenvalue weighted by molar-refractivity contribution is -0.126. The van der Waals surface area contributed by atoms with Gasteiger partial charge in [-0.1, -0.05) is 0 Å². The summed E-state index contributed by atoms with van der Waals surface area (Å²) in [6.45, 7) is 4.40. The second-order valence-electron chi connectivity index (χ2n) is 8.46. The Kier molecular flexibility index (Phi) is 5.15. The topological polar surface area (TPSA) is 64.7 Å². The number of amides is 3. The number of hydrogen-bond donors (Lipinski definition) is 2. The standard InChI is InChI=1S/C19H32N4O2/c24-18(20-12-14-3-4-14)15-2-1-9-23(13-15)19(25)21-16-7-10-22(11-8-16)17-5-6-17/h14-17H,1-13H2,(H,20,24)(H,21,25)/t15-/m0/s1. The van der Waals surface area contributed by atoms with Gasteiger partial charge in [-0.05, 0) is 57.3 Å². The Bertz CT molecular complexity index is 496. The number of nitrogens with one attached hydrogen (secondary N) is 2. The van der Waals surface area contributed by atoms with Crippen LogP contribution in [0.15, 0.2) is 0 Å². The molecule has 0 aromatic carbocycles. The molecule has 25 heavy (non-hydrogen) atoms. The Morgan fingerprint density at radius 1 is 0.920 bits per heavy atom. The zero-order chi connectivity index (χ0) is 17.2. The Labute approximate surface area is 150 Å². The first-order valence-electron chi connectivity index (χ1n) is 10.3. The summed E-state index contributed by atoms with van der Waals surface area (Å²) in [7, 11) is 0. The van der Waals surface area contributed by atoms with Crippen molar-refractivity contribution in [3.63, 3.8) is 0 Å². The van der Waals surface area contributed by atoms with Crippen molar-refractivity contribution in [2.45, 2.75) is 63.5 Å². The van der Waals surface area contributed by atoms with Crippen molar-refractivity contribution < 1.29 is 9.59 Å². The van der Waals surface area contributed by atoms with Crippen LogP contribution >= 0.6 is 0 Å². The minimum Gasteiger partial charge on any atom is -0.356 e. The third-order valence-electron chi connectivity index (χ3n) is 6.26. The second-order valence-corrected chi connectivity index (χ2v) is 8.46. The van der Waals surface area contributed by atoms with Gasteiger partial charge in [-0.15, -0.1) is 0 Å². The number of piperidine rings is 2. The number of likely N-dealkylation sites (tertiary alicyclic amines) is 2. The maximum Gasteiger partial charge on any atom is 0.317 e. The van der Waals surface area contributed by atoms with Gasteiger partial charge in [-0.25, -0.2) is 4.79 Å². The van der Waals surface area contributed by atoms with Crippen LogP contribution in [0.1, 0.15) is 51.4 Å². The molecule has 0 spiro atoms. The predicted molar refractivity (Wildman–Crippen MR) is 96.2 cm³/mol. The zero-order valence-corrected chi connectivity index (χ0v) is 15.2. The summed E-state index contributed by atoms with van der Waals surface area (Å²) in [5, 5.41) is 6.29. The average molecular weight is 348 g/mol. The lowest BCUT2D eigenvalue weighted by Gasteiger charge is -2.36. The highest BCUT2D eigenvalue weighted by atomic mass is 16.2. The van der Waals surface area contributed by atoms with E-state index in [1.165, 1.54) is 25.7 Å². The summed E-state index contributed by atoms with van der Waals surface area (Å²) in [4.78, 5) is 29.4. The molecule has 6 heteroatoms. The predicted octanol–water partition coefficient (Wildman–Crippen LogP) is 1.56. The molecule has 2 aliphatic heterocycles. The SMILES string of the molecule is O=C(NCC1CC1)[C@H]1CCCN(C(=O)NC2CCN(C3CC3)CC2)C1. The van der Waals surface area contributed by atoms with Gasteiger partial charge in [0.2, 0.25) is 5.91 Å². The summed E-state index contributed by atoms with van der Waals surface area (Å²) in [5.41, 5.74) is 0. The molecule has 2 heterocycles. The molecule has 3 amide bonds. The molecule has 0 radical (unpaired) electrons. The molecule has 4 aliphatic rings. The maximum atomic E-state index is 12.6. The van der Waals surface area contributed by atoms with Crippen LogP contribution in [0.4, 0.5) is 4.79 Å². The van der Waals surface area contributed by atoms with E-state index in [9.17, 15) is 9.59 Å². The minimum atomic E-state index is -0.0324. The number of rotatable bonds is 5. The molecule has 2 aliphatic carbocycles. The molecule has 4 fully saturated rings. The number of carbonyl (C=O) groups is 2. The lowest BCUT2D eigenvalue weighted by atomic mass is 9.97. The van der Waals surface area contributed by atoms with Crippen LogP contribution in [0.25, 0.3) is 0 Å². The molecular weight excluding hydrogens is 316 g/mol. The van der Waals surface area contributed by atoms with Crippen LogP contribution in [0.2, 0.25) is 0 Å². The van der Waals surface area contributed by atoms with Gasteiger partial charge in [-0.3, -0.25) is 4.79 Å². The van der Waals surface area contributed by atoms with Gasteiger partial charge in [0.25, 0.3) is 0 Å².